The van der Waals surface area contributed by atoms with E-state index in [2.05, 4.69) is 51.4 Å². The molecule has 0 bridgehead atoms. The van der Waals surface area contributed by atoms with Crippen molar-refractivity contribution in [2.24, 2.45) is 0 Å². The minimum absolute atomic E-state index is 0.270. The van der Waals surface area contributed by atoms with Crippen LogP contribution in [0.3, 0.4) is 0 Å². The van der Waals surface area contributed by atoms with E-state index in [0.29, 0.717) is 0 Å². The molecular weight excluding hydrogens is 284 g/mol. The summed E-state index contributed by atoms with van der Waals surface area (Å²) < 4.78 is 1.21. The average molecular weight is 303 g/mol. The molecule has 1 fully saturated rings. The lowest BCUT2D eigenvalue weighted by molar-refractivity contribution is 0.104. The highest BCUT2D eigenvalue weighted by Gasteiger charge is 2.28. The Morgan fingerprint density at radius 3 is 2.69 bits per heavy atom. The Hall–Kier alpha value is 0.1000. The first-order chi connectivity index (χ1) is 7.58. The highest BCUT2D eigenvalue weighted by atomic mass is 79.9. The molecule has 1 aliphatic rings. The summed E-state index contributed by atoms with van der Waals surface area (Å²) in [6.45, 7) is 9.28. The molecule has 1 N–H and O–H groups in total. The predicted molar refractivity (Wildman–Crippen MR) is 74.2 cm³/mol. The van der Waals surface area contributed by atoms with Gasteiger partial charge in [0.15, 0.2) is 0 Å². The van der Waals surface area contributed by atoms with Crippen molar-refractivity contribution < 1.29 is 0 Å². The van der Waals surface area contributed by atoms with Crippen LogP contribution in [0, 0.1) is 0 Å². The van der Waals surface area contributed by atoms with Gasteiger partial charge in [0.25, 0.3) is 0 Å². The second-order valence-corrected chi connectivity index (χ2v) is 6.87. The monoisotopic (exact) mass is 302 g/mol. The van der Waals surface area contributed by atoms with E-state index in [4.69, 9.17) is 0 Å². The van der Waals surface area contributed by atoms with Crippen molar-refractivity contribution in [1.29, 1.82) is 0 Å². The van der Waals surface area contributed by atoms with Gasteiger partial charge in [0, 0.05) is 46.4 Å². The largest absolute Gasteiger partial charge is 0.314 e. The highest BCUT2D eigenvalue weighted by Crippen LogP contribution is 2.27. The lowest BCUT2D eigenvalue weighted by Crippen LogP contribution is -2.54. The molecule has 16 heavy (non-hydrogen) atoms. The van der Waals surface area contributed by atoms with Crippen LogP contribution >= 0.6 is 27.3 Å². The Labute approximate surface area is 110 Å². The lowest BCUT2D eigenvalue weighted by Gasteiger charge is -2.41. The molecule has 4 heteroatoms. The molecule has 0 aliphatic carbocycles. The van der Waals surface area contributed by atoms with Crippen LogP contribution in [0.2, 0.25) is 0 Å². The van der Waals surface area contributed by atoms with Gasteiger partial charge in [-0.25, -0.2) is 0 Å². The quantitative estimate of drug-likeness (QED) is 0.923. The molecule has 90 valence electrons. The molecule has 0 saturated carbocycles. The number of nitrogens with zero attached hydrogens (tertiary/aromatic N) is 1. The lowest BCUT2D eigenvalue weighted by atomic mass is 9.96. The summed E-state index contributed by atoms with van der Waals surface area (Å²) in [5, 5.41) is 5.58. The smallest absolute Gasteiger partial charge is 0.0285 e. The molecule has 0 amide bonds. The van der Waals surface area contributed by atoms with Gasteiger partial charge in [0.1, 0.15) is 0 Å². The van der Waals surface area contributed by atoms with Crippen LogP contribution in [0.15, 0.2) is 15.9 Å². The van der Waals surface area contributed by atoms with Gasteiger partial charge in [-0.05, 0) is 42.3 Å². The molecule has 2 rings (SSSR count). The van der Waals surface area contributed by atoms with Crippen LogP contribution in [0.4, 0.5) is 0 Å². The van der Waals surface area contributed by atoms with Crippen LogP contribution in [-0.2, 0) is 6.42 Å². The summed E-state index contributed by atoms with van der Waals surface area (Å²) in [4.78, 5) is 4.06. The van der Waals surface area contributed by atoms with Crippen LogP contribution < -0.4 is 5.32 Å². The fourth-order valence-corrected chi connectivity index (χ4v) is 3.93. The van der Waals surface area contributed by atoms with Gasteiger partial charge in [0.2, 0.25) is 0 Å². The fraction of sp³-hybridized carbons (Fsp3) is 0.667. The fourth-order valence-electron chi connectivity index (χ4n) is 2.25. The average Bonchev–Trinajstić information content (AvgIpc) is 2.64. The number of rotatable bonds is 3. The van der Waals surface area contributed by atoms with Gasteiger partial charge in [-0.2, -0.15) is 0 Å². The van der Waals surface area contributed by atoms with E-state index in [1.54, 1.807) is 0 Å². The molecule has 0 spiro atoms. The number of halogens is 1. The molecule has 1 saturated heterocycles. The maximum Gasteiger partial charge on any atom is 0.0285 e. The summed E-state index contributed by atoms with van der Waals surface area (Å²) in [6, 6.07) is 2.24. The van der Waals surface area contributed by atoms with E-state index in [9.17, 15) is 0 Å². The van der Waals surface area contributed by atoms with Gasteiger partial charge in [-0.15, -0.1) is 11.3 Å². The van der Waals surface area contributed by atoms with Crippen LogP contribution in [0.25, 0.3) is 0 Å². The summed E-state index contributed by atoms with van der Waals surface area (Å²) in [7, 11) is 0. The van der Waals surface area contributed by atoms with E-state index < -0.39 is 0 Å². The third kappa shape index (κ3) is 3.06. The molecule has 0 radical (unpaired) electrons. The van der Waals surface area contributed by atoms with Crippen molar-refractivity contribution in [3.8, 4) is 0 Å². The van der Waals surface area contributed by atoms with Gasteiger partial charge in [-0.3, -0.25) is 4.90 Å². The number of thiophene rings is 1. The Bertz CT molecular complexity index is 343. The maximum absolute atomic E-state index is 3.52. The zero-order chi connectivity index (χ0) is 11.6. The predicted octanol–water partition coefficient (Wildman–Crippen LogP) is 2.74. The summed E-state index contributed by atoms with van der Waals surface area (Å²) in [5.74, 6) is 0. The van der Waals surface area contributed by atoms with Crippen LogP contribution in [0.5, 0.6) is 0 Å². The number of hydrogen-bond acceptors (Lipinski definition) is 3. The van der Waals surface area contributed by atoms with E-state index in [-0.39, 0.29) is 5.54 Å². The van der Waals surface area contributed by atoms with E-state index in [0.717, 1.165) is 19.5 Å². The van der Waals surface area contributed by atoms with Gasteiger partial charge in [-0.1, -0.05) is 0 Å². The van der Waals surface area contributed by atoms with E-state index in [1.807, 2.05) is 11.3 Å². The molecule has 2 nitrogen and oxygen atoms in total. The van der Waals surface area contributed by atoms with Crippen molar-refractivity contribution >= 4 is 27.3 Å². The first-order valence-electron chi connectivity index (χ1n) is 5.77. The third-order valence-electron chi connectivity index (χ3n) is 3.20. The molecule has 1 aromatic heterocycles. The summed E-state index contributed by atoms with van der Waals surface area (Å²) >= 11 is 5.37. The topological polar surface area (TPSA) is 15.3 Å². The second kappa shape index (κ2) is 5.17. The second-order valence-electron chi connectivity index (χ2n) is 4.96. The molecule has 1 aromatic rings. The minimum atomic E-state index is 0.270. The number of nitrogens with one attached hydrogen (secondary N) is 1. The van der Waals surface area contributed by atoms with E-state index >= 15 is 0 Å². The Kier molecular flexibility index (Phi) is 4.06. The number of piperazine rings is 1. The highest BCUT2D eigenvalue weighted by molar-refractivity contribution is 9.10. The molecule has 1 aliphatic heterocycles. The minimum Gasteiger partial charge on any atom is -0.314 e. The van der Waals surface area contributed by atoms with Crippen LogP contribution in [-0.4, -0.2) is 36.6 Å². The Balaban J connectivity index is 2.00. The van der Waals surface area contributed by atoms with Crippen molar-refractivity contribution in [2.45, 2.75) is 25.8 Å². The molecule has 0 unspecified atom stereocenters. The summed E-state index contributed by atoms with van der Waals surface area (Å²) in [6.07, 6.45) is 1.14. The normalized spacial score (nSPS) is 18.9. The van der Waals surface area contributed by atoms with Crippen molar-refractivity contribution in [1.82, 2.24) is 10.2 Å². The molecular formula is C12H19BrN2S. The Morgan fingerprint density at radius 1 is 1.44 bits per heavy atom. The zero-order valence-electron chi connectivity index (χ0n) is 9.92. The maximum atomic E-state index is 3.52. The van der Waals surface area contributed by atoms with Gasteiger partial charge in [0.05, 0.1) is 0 Å². The molecule has 0 aromatic carbocycles. The number of hydrogen-bond donors (Lipinski definition) is 1. The third-order valence-corrected chi connectivity index (χ3v) is 4.90. The SMILES string of the molecule is CC(C)(Cc1cc(Br)cs1)N1CCNCC1. The molecule has 0 atom stereocenters. The summed E-state index contributed by atoms with van der Waals surface area (Å²) in [5.41, 5.74) is 0.270. The van der Waals surface area contributed by atoms with Crippen molar-refractivity contribution in [3.63, 3.8) is 0 Å². The zero-order valence-corrected chi connectivity index (χ0v) is 12.3. The standard InChI is InChI=1S/C12H19BrN2S/c1-12(2,15-5-3-14-4-6-15)8-11-7-10(13)9-16-11/h7,9,14H,3-6,8H2,1-2H3. The first-order valence-corrected chi connectivity index (χ1v) is 7.44. The van der Waals surface area contributed by atoms with Crippen molar-refractivity contribution in [2.75, 3.05) is 26.2 Å². The molecule has 2 heterocycles. The van der Waals surface area contributed by atoms with Crippen LogP contribution in [0.1, 0.15) is 18.7 Å². The van der Waals surface area contributed by atoms with Gasteiger partial charge >= 0.3 is 0 Å². The van der Waals surface area contributed by atoms with Gasteiger partial charge < -0.3 is 5.32 Å². The van der Waals surface area contributed by atoms with E-state index in [1.165, 1.54) is 22.4 Å². The first kappa shape index (κ1) is 12.6. The Morgan fingerprint density at radius 2 is 2.12 bits per heavy atom. The van der Waals surface area contributed by atoms with Crippen molar-refractivity contribution in [3.05, 3.63) is 20.8 Å².